The van der Waals surface area contributed by atoms with E-state index in [1.165, 1.54) is 0 Å². The van der Waals surface area contributed by atoms with Crippen molar-refractivity contribution in [2.75, 3.05) is 0 Å². The number of nitrogens with zero attached hydrogens (tertiary/aromatic N) is 1. The topological polar surface area (TPSA) is 56.0 Å². The predicted molar refractivity (Wildman–Crippen MR) is 47.5 cm³/mol. The van der Waals surface area contributed by atoms with Crippen LogP contribution in [-0.2, 0) is 6.54 Å². The van der Waals surface area contributed by atoms with Crippen molar-refractivity contribution < 1.29 is 13.6 Å². The standard InChI is InChI=1S/C8H7ClF2N2O/c9-5-2-13-6(1-12)4(3-14)7(5)8(10)11/h2-3,8H,1,12H2. The van der Waals surface area contributed by atoms with Crippen LogP contribution < -0.4 is 5.73 Å². The molecule has 2 N–H and O–H groups in total. The Kier molecular flexibility index (Phi) is 3.49. The summed E-state index contributed by atoms with van der Waals surface area (Å²) in [5.41, 5.74) is 4.65. The number of rotatable bonds is 3. The lowest BCUT2D eigenvalue weighted by molar-refractivity contribution is 0.110. The highest BCUT2D eigenvalue weighted by Gasteiger charge is 2.20. The Morgan fingerprint density at radius 2 is 2.29 bits per heavy atom. The molecule has 14 heavy (non-hydrogen) atoms. The molecule has 0 amide bonds. The zero-order valence-corrected chi connectivity index (χ0v) is 7.76. The number of alkyl halides is 2. The number of carbonyl (C=O) groups excluding carboxylic acids is 1. The summed E-state index contributed by atoms with van der Waals surface area (Å²) in [7, 11) is 0. The summed E-state index contributed by atoms with van der Waals surface area (Å²) >= 11 is 5.49. The number of carbonyl (C=O) groups is 1. The van der Waals surface area contributed by atoms with E-state index in [2.05, 4.69) is 4.98 Å². The number of aromatic nitrogens is 1. The monoisotopic (exact) mass is 220 g/mol. The van der Waals surface area contributed by atoms with Crippen LogP contribution in [0, 0.1) is 0 Å². The van der Waals surface area contributed by atoms with Crippen molar-refractivity contribution in [3.63, 3.8) is 0 Å². The van der Waals surface area contributed by atoms with Crippen molar-refractivity contribution in [3.8, 4) is 0 Å². The molecule has 0 aromatic carbocycles. The lowest BCUT2D eigenvalue weighted by Crippen LogP contribution is -2.08. The molecular weight excluding hydrogens is 214 g/mol. The molecule has 0 saturated carbocycles. The maximum atomic E-state index is 12.5. The van der Waals surface area contributed by atoms with Gasteiger partial charge in [0.15, 0.2) is 6.29 Å². The number of nitrogens with two attached hydrogens (primary N) is 1. The zero-order valence-electron chi connectivity index (χ0n) is 7.01. The molecule has 0 aliphatic heterocycles. The Hall–Kier alpha value is -1.07. The summed E-state index contributed by atoms with van der Waals surface area (Å²) in [5, 5.41) is -0.223. The second-order valence-electron chi connectivity index (χ2n) is 2.50. The van der Waals surface area contributed by atoms with E-state index in [-0.39, 0.29) is 22.8 Å². The summed E-state index contributed by atoms with van der Waals surface area (Å²) in [5.74, 6) is 0. The Balaban J connectivity index is 3.42. The molecule has 0 saturated heterocycles. The molecule has 1 rings (SSSR count). The maximum Gasteiger partial charge on any atom is 0.266 e. The maximum absolute atomic E-state index is 12.5. The lowest BCUT2D eigenvalue weighted by Gasteiger charge is -2.08. The first-order valence-corrected chi connectivity index (χ1v) is 4.10. The Bertz CT molecular complexity index is 357. The molecule has 0 fully saturated rings. The summed E-state index contributed by atoms with van der Waals surface area (Å²) in [6.45, 7) is -0.0784. The molecule has 0 aliphatic rings. The molecule has 3 nitrogen and oxygen atoms in total. The van der Waals surface area contributed by atoms with Gasteiger partial charge in [-0.05, 0) is 0 Å². The van der Waals surface area contributed by atoms with Gasteiger partial charge in [0.1, 0.15) is 0 Å². The molecule has 1 aromatic heterocycles. The van der Waals surface area contributed by atoms with Crippen LogP contribution in [0.25, 0.3) is 0 Å². The van der Waals surface area contributed by atoms with Crippen molar-refractivity contribution in [2.24, 2.45) is 5.73 Å². The second kappa shape index (κ2) is 4.43. The average Bonchev–Trinajstić information content (AvgIpc) is 2.16. The molecule has 1 heterocycles. The Morgan fingerprint density at radius 1 is 1.64 bits per heavy atom. The largest absolute Gasteiger partial charge is 0.325 e. The molecule has 1 aromatic rings. The van der Waals surface area contributed by atoms with E-state index in [0.29, 0.717) is 6.29 Å². The first-order chi connectivity index (χ1) is 6.61. The van der Waals surface area contributed by atoms with E-state index in [4.69, 9.17) is 17.3 Å². The highest BCUT2D eigenvalue weighted by Crippen LogP contribution is 2.30. The van der Waals surface area contributed by atoms with Gasteiger partial charge in [-0.3, -0.25) is 9.78 Å². The van der Waals surface area contributed by atoms with Crippen LogP contribution in [0.1, 0.15) is 28.0 Å². The van der Waals surface area contributed by atoms with Gasteiger partial charge in [0.2, 0.25) is 0 Å². The lowest BCUT2D eigenvalue weighted by atomic mass is 10.1. The number of hydrogen-bond donors (Lipinski definition) is 1. The molecular formula is C8H7ClF2N2O. The fraction of sp³-hybridized carbons (Fsp3) is 0.250. The molecule has 0 aliphatic carbocycles. The summed E-state index contributed by atoms with van der Waals surface area (Å²) in [6, 6.07) is 0. The number of halogens is 3. The van der Waals surface area contributed by atoms with Crippen molar-refractivity contribution in [1.29, 1.82) is 0 Å². The van der Waals surface area contributed by atoms with Gasteiger partial charge in [0.25, 0.3) is 6.43 Å². The number of aldehydes is 1. The molecule has 76 valence electrons. The second-order valence-corrected chi connectivity index (χ2v) is 2.91. The minimum atomic E-state index is -2.81. The van der Waals surface area contributed by atoms with Crippen molar-refractivity contribution >= 4 is 17.9 Å². The van der Waals surface area contributed by atoms with E-state index in [0.717, 1.165) is 6.20 Å². The molecule has 0 spiro atoms. The minimum Gasteiger partial charge on any atom is -0.325 e. The first-order valence-electron chi connectivity index (χ1n) is 3.72. The summed E-state index contributed by atoms with van der Waals surface area (Å²) < 4.78 is 25.0. The van der Waals surface area contributed by atoms with Crippen molar-refractivity contribution in [1.82, 2.24) is 4.98 Å². The van der Waals surface area contributed by atoms with Gasteiger partial charge in [-0.2, -0.15) is 0 Å². The molecule has 0 bridgehead atoms. The van der Waals surface area contributed by atoms with Gasteiger partial charge in [0, 0.05) is 18.3 Å². The third-order valence-electron chi connectivity index (χ3n) is 1.72. The van der Waals surface area contributed by atoms with Crippen LogP contribution >= 0.6 is 11.6 Å². The van der Waals surface area contributed by atoms with Crippen LogP contribution in [0.4, 0.5) is 8.78 Å². The van der Waals surface area contributed by atoms with Crippen LogP contribution in [0.15, 0.2) is 6.20 Å². The van der Waals surface area contributed by atoms with Gasteiger partial charge >= 0.3 is 0 Å². The van der Waals surface area contributed by atoms with Crippen molar-refractivity contribution in [2.45, 2.75) is 13.0 Å². The molecule has 0 atom stereocenters. The number of pyridine rings is 1. The van der Waals surface area contributed by atoms with E-state index < -0.39 is 12.0 Å². The van der Waals surface area contributed by atoms with E-state index in [1.807, 2.05) is 0 Å². The predicted octanol–water partition coefficient (Wildman–Crippen LogP) is 1.94. The van der Waals surface area contributed by atoms with Crippen LogP contribution in [0.5, 0.6) is 0 Å². The normalized spacial score (nSPS) is 10.6. The third-order valence-corrected chi connectivity index (χ3v) is 2.02. The van der Waals surface area contributed by atoms with Crippen LogP contribution in [0.2, 0.25) is 5.02 Å². The molecule has 0 radical (unpaired) electrons. The van der Waals surface area contributed by atoms with Gasteiger partial charge in [-0.25, -0.2) is 8.78 Å². The Morgan fingerprint density at radius 3 is 2.71 bits per heavy atom. The zero-order chi connectivity index (χ0) is 10.7. The highest BCUT2D eigenvalue weighted by molar-refractivity contribution is 6.31. The fourth-order valence-electron chi connectivity index (χ4n) is 1.07. The van der Waals surface area contributed by atoms with Gasteiger partial charge in [0.05, 0.1) is 16.3 Å². The Labute approximate surface area is 83.9 Å². The smallest absolute Gasteiger partial charge is 0.266 e. The average molecular weight is 221 g/mol. The van der Waals surface area contributed by atoms with Gasteiger partial charge in [-0.15, -0.1) is 0 Å². The fourth-order valence-corrected chi connectivity index (χ4v) is 1.31. The van der Waals surface area contributed by atoms with Crippen molar-refractivity contribution in [3.05, 3.63) is 28.0 Å². The minimum absolute atomic E-state index is 0.0784. The third kappa shape index (κ3) is 1.88. The van der Waals surface area contributed by atoms with Crippen LogP contribution in [0.3, 0.4) is 0 Å². The van der Waals surface area contributed by atoms with Crippen LogP contribution in [-0.4, -0.2) is 11.3 Å². The SMILES string of the molecule is NCc1ncc(Cl)c(C(F)F)c1C=O. The highest BCUT2D eigenvalue weighted by atomic mass is 35.5. The summed E-state index contributed by atoms with van der Waals surface area (Å²) in [6.07, 6.45) is -1.45. The number of hydrogen-bond acceptors (Lipinski definition) is 3. The molecule has 6 heteroatoms. The van der Waals surface area contributed by atoms with Gasteiger partial charge < -0.3 is 5.73 Å². The quantitative estimate of drug-likeness (QED) is 0.792. The van der Waals surface area contributed by atoms with E-state index in [9.17, 15) is 13.6 Å². The first kappa shape index (κ1) is 11.0. The van der Waals surface area contributed by atoms with Gasteiger partial charge in [-0.1, -0.05) is 11.6 Å². The molecule has 0 unspecified atom stereocenters. The van der Waals surface area contributed by atoms with E-state index in [1.54, 1.807) is 0 Å². The van der Waals surface area contributed by atoms with E-state index >= 15 is 0 Å². The summed E-state index contributed by atoms with van der Waals surface area (Å²) in [4.78, 5) is 14.3.